The number of ether oxygens (including phenoxy) is 1. The average molecular weight is 447 g/mol. The molecule has 1 N–H and O–H groups in total. The summed E-state index contributed by atoms with van der Waals surface area (Å²) in [6, 6.07) is 9.96. The predicted molar refractivity (Wildman–Crippen MR) is 111 cm³/mol. The van der Waals surface area contributed by atoms with Crippen molar-refractivity contribution < 1.29 is 27.5 Å². The van der Waals surface area contributed by atoms with Crippen molar-refractivity contribution >= 4 is 28.3 Å². The summed E-state index contributed by atoms with van der Waals surface area (Å²) in [5.74, 6) is -1.65. The van der Waals surface area contributed by atoms with Crippen molar-refractivity contribution in [1.82, 2.24) is 9.78 Å². The van der Waals surface area contributed by atoms with Gasteiger partial charge in [-0.15, -0.1) is 0 Å². The van der Waals surface area contributed by atoms with Crippen molar-refractivity contribution in [2.24, 2.45) is 0 Å². The normalized spacial score (nSPS) is 12.6. The molecule has 0 aliphatic heterocycles. The number of hydrogen-bond donors (Lipinski definition) is 1. The predicted octanol–water partition coefficient (Wildman–Crippen LogP) is 4.18. The number of benzene rings is 2. The third kappa shape index (κ3) is 4.79. The Morgan fingerprint density at radius 3 is 2.16 bits per heavy atom. The van der Waals surface area contributed by atoms with Crippen molar-refractivity contribution in [3.05, 3.63) is 70.1 Å². The fourth-order valence-electron chi connectivity index (χ4n) is 2.96. The van der Waals surface area contributed by atoms with E-state index in [1.165, 1.54) is 6.92 Å². The maximum absolute atomic E-state index is 12.8. The first kappa shape index (κ1) is 23.0. The molecule has 0 aliphatic rings. The molecule has 1 aromatic heterocycles. The van der Waals surface area contributed by atoms with Gasteiger partial charge in [-0.25, -0.2) is 9.48 Å². The second-order valence-electron chi connectivity index (χ2n) is 7.35. The quantitative estimate of drug-likeness (QED) is 0.593. The van der Waals surface area contributed by atoms with Crippen LogP contribution in [0.2, 0.25) is 0 Å². The molecule has 1 atom stereocenters. The molecule has 168 valence electrons. The maximum Gasteiger partial charge on any atom is 0.416 e. The van der Waals surface area contributed by atoms with Crippen LogP contribution in [0.3, 0.4) is 0 Å². The van der Waals surface area contributed by atoms with E-state index in [1.807, 2.05) is 0 Å². The first-order valence-electron chi connectivity index (χ1n) is 9.69. The molecule has 1 unspecified atom stereocenters. The molecule has 10 heteroatoms. The van der Waals surface area contributed by atoms with Gasteiger partial charge in [0.1, 0.15) is 0 Å². The number of rotatable bonds is 5. The van der Waals surface area contributed by atoms with Crippen LogP contribution >= 0.6 is 0 Å². The van der Waals surface area contributed by atoms with Crippen molar-refractivity contribution in [2.45, 2.75) is 39.1 Å². The molecule has 3 aromatic rings. The lowest BCUT2D eigenvalue weighted by Crippen LogP contribution is -2.32. The van der Waals surface area contributed by atoms with Crippen LogP contribution in [0.25, 0.3) is 10.8 Å². The van der Waals surface area contributed by atoms with Gasteiger partial charge in [0.2, 0.25) is 0 Å². The lowest BCUT2D eigenvalue weighted by Gasteiger charge is -2.16. The van der Waals surface area contributed by atoms with E-state index in [2.05, 4.69) is 10.4 Å². The largest absolute Gasteiger partial charge is 0.448 e. The van der Waals surface area contributed by atoms with Gasteiger partial charge in [-0.1, -0.05) is 18.2 Å². The van der Waals surface area contributed by atoms with Gasteiger partial charge in [-0.3, -0.25) is 9.59 Å². The van der Waals surface area contributed by atoms with Gasteiger partial charge in [-0.05, 0) is 51.1 Å². The Labute approximate surface area is 180 Å². The molecule has 0 saturated carbocycles. The molecule has 0 spiro atoms. The average Bonchev–Trinajstić information content (AvgIpc) is 2.73. The van der Waals surface area contributed by atoms with Crippen molar-refractivity contribution in [1.29, 1.82) is 0 Å². The van der Waals surface area contributed by atoms with Crippen LogP contribution in [0.15, 0.2) is 53.3 Å². The Balaban J connectivity index is 1.80. The van der Waals surface area contributed by atoms with Crippen LogP contribution in [0.4, 0.5) is 18.9 Å². The number of halogens is 3. The summed E-state index contributed by atoms with van der Waals surface area (Å²) in [5, 5.41) is 7.08. The monoisotopic (exact) mass is 447 g/mol. The van der Waals surface area contributed by atoms with Crippen molar-refractivity contribution in [3.63, 3.8) is 0 Å². The molecule has 0 bridgehead atoms. The number of anilines is 1. The SMILES string of the molecule is CC(OC(=O)c1nn(C(C)C)c(=O)c2ccccc12)C(=O)Nc1ccc(C(F)(F)F)cc1. The Kier molecular flexibility index (Phi) is 6.33. The number of esters is 1. The number of carbonyl (C=O) groups is 2. The smallest absolute Gasteiger partial charge is 0.416 e. The van der Waals surface area contributed by atoms with E-state index in [4.69, 9.17) is 4.74 Å². The summed E-state index contributed by atoms with van der Waals surface area (Å²) >= 11 is 0. The van der Waals surface area contributed by atoms with Crippen LogP contribution in [-0.2, 0) is 15.7 Å². The van der Waals surface area contributed by atoms with Gasteiger partial charge < -0.3 is 10.1 Å². The minimum atomic E-state index is -4.49. The van der Waals surface area contributed by atoms with Crippen molar-refractivity contribution in [3.8, 4) is 0 Å². The summed E-state index contributed by atoms with van der Waals surface area (Å²) in [4.78, 5) is 37.7. The second kappa shape index (κ2) is 8.81. The highest BCUT2D eigenvalue weighted by atomic mass is 19.4. The summed E-state index contributed by atoms with van der Waals surface area (Å²) in [6.45, 7) is 4.79. The minimum absolute atomic E-state index is 0.114. The zero-order valence-electron chi connectivity index (χ0n) is 17.4. The van der Waals surface area contributed by atoms with Gasteiger partial charge >= 0.3 is 12.1 Å². The van der Waals surface area contributed by atoms with E-state index in [1.54, 1.807) is 38.1 Å². The van der Waals surface area contributed by atoms with E-state index in [9.17, 15) is 27.6 Å². The van der Waals surface area contributed by atoms with Crippen LogP contribution in [0.5, 0.6) is 0 Å². The lowest BCUT2D eigenvalue weighted by atomic mass is 10.1. The van der Waals surface area contributed by atoms with Gasteiger partial charge in [0.25, 0.3) is 11.5 Å². The van der Waals surface area contributed by atoms with Crippen LogP contribution < -0.4 is 10.9 Å². The zero-order chi connectivity index (χ0) is 23.6. The van der Waals surface area contributed by atoms with Gasteiger partial charge in [0.05, 0.1) is 17.0 Å². The minimum Gasteiger partial charge on any atom is -0.448 e. The fourth-order valence-corrected chi connectivity index (χ4v) is 2.96. The van der Waals surface area contributed by atoms with Gasteiger partial charge in [-0.2, -0.15) is 18.3 Å². The Morgan fingerprint density at radius 2 is 1.59 bits per heavy atom. The second-order valence-corrected chi connectivity index (χ2v) is 7.35. The molecule has 3 rings (SSSR count). The summed E-state index contributed by atoms with van der Waals surface area (Å²) in [6.07, 6.45) is -5.77. The topological polar surface area (TPSA) is 90.3 Å². The Hall–Kier alpha value is -3.69. The number of amides is 1. The first-order chi connectivity index (χ1) is 15.0. The Morgan fingerprint density at radius 1 is 1.00 bits per heavy atom. The molecule has 2 aromatic carbocycles. The van der Waals surface area contributed by atoms with Crippen LogP contribution in [0, 0.1) is 0 Å². The Bertz CT molecular complexity index is 1220. The van der Waals surface area contributed by atoms with E-state index in [0.29, 0.717) is 0 Å². The molecule has 1 heterocycles. The summed E-state index contributed by atoms with van der Waals surface area (Å²) in [5.41, 5.74) is -1.22. The molecular weight excluding hydrogens is 427 g/mol. The van der Waals surface area contributed by atoms with Crippen LogP contribution in [0.1, 0.15) is 42.9 Å². The number of nitrogens with one attached hydrogen (secondary N) is 1. The highest BCUT2D eigenvalue weighted by molar-refractivity contribution is 6.03. The number of hydrogen-bond acceptors (Lipinski definition) is 5. The van der Waals surface area contributed by atoms with E-state index >= 15 is 0 Å². The van der Waals surface area contributed by atoms with E-state index < -0.39 is 29.7 Å². The van der Waals surface area contributed by atoms with Crippen LogP contribution in [-0.4, -0.2) is 27.8 Å². The highest BCUT2D eigenvalue weighted by Crippen LogP contribution is 2.29. The number of nitrogens with zero attached hydrogens (tertiary/aromatic N) is 2. The number of alkyl halides is 3. The summed E-state index contributed by atoms with van der Waals surface area (Å²) < 4.78 is 44.4. The molecule has 1 amide bonds. The molecule has 0 saturated heterocycles. The van der Waals surface area contributed by atoms with Crippen molar-refractivity contribution in [2.75, 3.05) is 5.32 Å². The molecular formula is C22H20F3N3O4. The van der Waals surface area contributed by atoms with E-state index in [-0.39, 0.29) is 33.8 Å². The highest BCUT2D eigenvalue weighted by Gasteiger charge is 2.30. The third-order valence-electron chi connectivity index (χ3n) is 4.64. The lowest BCUT2D eigenvalue weighted by molar-refractivity contribution is -0.137. The number of fused-ring (bicyclic) bond motifs is 1. The molecule has 32 heavy (non-hydrogen) atoms. The maximum atomic E-state index is 12.8. The molecule has 0 fully saturated rings. The molecule has 0 aliphatic carbocycles. The molecule has 7 nitrogen and oxygen atoms in total. The first-order valence-corrected chi connectivity index (χ1v) is 9.69. The molecule has 0 radical (unpaired) electrons. The summed E-state index contributed by atoms with van der Waals surface area (Å²) in [7, 11) is 0. The number of aromatic nitrogens is 2. The standard InChI is InChI=1S/C22H20F3N3O4/c1-12(2)28-20(30)17-7-5-4-6-16(17)18(27-28)21(31)32-13(3)19(29)26-15-10-8-14(9-11-15)22(23,24)25/h4-13H,1-3H3,(H,26,29). The fraction of sp³-hybridized carbons (Fsp3) is 0.273. The van der Waals surface area contributed by atoms with Gasteiger partial charge in [0, 0.05) is 11.1 Å². The zero-order valence-corrected chi connectivity index (χ0v) is 17.4. The number of carbonyl (C=O) groups excluding carboxylic acids is 2. The third-order valence-corrected chi connectivity index (χ3v) is 4.64. The van der Waals surface area contributed by atoms with E-state index in [0.717, 1.165) is 28.9 Å². The van der Waals surface area contributed by atoms with Gasteiger partial charge in [0.15, 0.2) is 11.8 Å².